The van der Waals surface area contributed by atoms with Gasteiger partial charge in [0.2, 0.25) is 0 Å². The van der Waals surface area contributed by atoms with E-state index in [1.54, 1.807) is 0 Å². The molecule has 1 N–H and O–H groups in total. The molecule has 1 aliphatic carbocycles. The van der Waals surface area contributed by atoms with Gasteiger partial charge in [0.1, 0.15) is 0 Å². The molecule has 0 bridgehead atoms. The number of carbonyl (C=O) groups excluding carboxylic acids is 1. The molecule has 5 aromatic rings. The van der Waals surface area contributed by atoms with E-state index in [0.29, 0.717) is 0 Å². The van der Waals surface area contributed by atoms with Crippen LogP contribution in [0.3, 0.4) is 0 Å². The summed E-state index contributed by atoms with van der Waals surface area (Å²) in [5.74, 6) is -1.69. The van der Waals surface area contributed by atoms with E-state index >= 15 is 0 Å². The molecule has 0 aromatic heterocycles. The fourth-order valence-electron chi connectivity index (χ4n) is 5.44. The molecule has 0 unspecified atom stereocenters. The van der Waals surface area contributed by atoms with Gasteiger partial charge in [0, 0.05) is 0 Å². The average molecular weight is 631 g/mol. The zero-order valence-electron chi connectivity index (χ0n) is 20.6. The minimum absolute atomic E-state index is 0. The van der Waals surface area contributed by atoms with Crippen LogP contribution in [0.5, 0.6) is 0 Å². The quantitative estimate of drug-likeness (QED) is 0.247. The van der Waals surface area contributed by atoms with Crippen LogP contribution >= 0.6 is 0 Å². The van der Waals surface area contributed by atoms with E-state index in [1.807, 2.05) is 30.3 Å². The van der Waals surface area contributed by atoms with Gasteiger partial charge in [0.15, 0.2) is 0 Å². The predicted octanol–water partition coefficient (Wildman–Crippen LogP) is -0.734. The van der Waals surface area contributed by atoms with Crippen LogP contribution in [0, 0.1) is 0 Å². The van der Waals surface area contributed by atoms with Gasteiger partial charge in [-0.1, -0.05) is 0 Å². The van der Waals surface area contributed by atoms with Crippen LogP contribution in [-0.4, -0.2) is 11.8 Å². The molecule has 0 atom stereocenters. The fraction of sp³-hybridized carbons (Fsp3) is 0.0312. The number of fused-ring (bicyclic) bond motifs is 3. The Labute approximate surface area is 245 Å². The summed E-state index contributed by atoms with van der Waals surface area (Å²) in [4.78, 5) is 13.8. The van der Waals surface area contributed by atoms with E-state index < -0.39 is 27.1 Å². The molecule has 1 aliphatic rings. The largest absolute Gasteiger partial charge is 1.00 e. The first kappa shape index (κ1) is 28.3. The number of halogens is 2. The van der Waals surface area contributed by atoms with Crippen LogP contribution in [0.15, 0.2) is 140 Å². The molecule has 5 aromatic carbocycles. The van der Waals surface area contributed by atoms with Crippen molar-refractivity contribution in [2.75, 3.05) is 0 Å². The summed E-state index contributed by atoms with van der Waals surface area (Å²) in [5, 5.41) is 2.82. The van der Waals surface area contributed by atoms with Crippen molar-refractivity contribution in [3.05, 3.63) is 156 Å². The first-order valence-corrected chi connectivity index (χ1v) is 21.0. The topological polar surface area (TPSA) is 29.1 Å². The van der Waals surface area contributed by atoms with E-state index in [1.165, 1.54) is 32.6 Å². The number of rotatable bonds is 6. The van der Waals surface area contributed by atoms with E-state index in [4.69, 9.17) is 0 Å². The molecule has 0 fully saturated rings. The Morgan fingerprint density at radius 3 is 1.42 bits per heavy atom. The van der Waals surface area contributed by atoms with Crippen molar-refractivity contribution < 1.29 is 50.8 Å². The third-order valence-corrected chi connectivity index (χ3v) is 26.4. The monoisotopic (exact) mass is 628 g/mol. The maximum absolute atomic E-state index is 13.8. The normalized spacial score (nSPS) is 11.5. The van der Waals surface area contributed by atoms with Crippen molar-refractivity contribution >= 4 is 22.2 Å². The Morgan fingerprint density at radius 1 is 0.553 bits per heavy atom. The molecular weight excluding hydrogens is 605 g/mol. The molecular formula is C32H26Cl2NOSiZr. The van der Waals surface area contributed by atoms with Crippen molar-refractivity contribution in [3.8, 4) is 11.1 Å². The molecule has 6 rings (SSSR count). The summed E-state index contributed by atoms with van der Waals surface area (Å²) in [5.41, 5.74) is 6.14. The number of nitrogens with one attached hydrogen (secondary N) is 1. The Morgan fingerprint density at radius 2 is 0.947 bits per heavy atom. The average Bonchev–Trinajstić information content (AvgIpc) is 3.28. The maximum atomic E-state index is 13.8. The van der Waals surface area contributed by atoms with Gasteiger partial charge < -0.3 is 24.8 Å². The summed E-state index contributed by atoms with van der Waals surface area (Å²) < 4.78 is 4.04. The van der Waals surface area contributed by atoms with Crippen molar-refractivity contribution in [2.24, 2.45) is 0 Å². The zero-order valence-corrected chi connectivity index (χ0v) is 25.7. The van der Waals surface area contributed by atoms with Crippen molar-refractivity contribution in [2.45, 2.75) is 3.63 Å². The molecule has 2 nitrogen and oxygen atoms in total. The van der Waals surface area contributed by atoms with Crippen LogP contribution in [-0.2, 0) is 21.2 Å². The van der Waals surface area contributed by atoms with E-state index in [2.05, 4.69) is 112 Å². The molecule has 38 heavy (non-hydrogen) atoms. The molecule has 0 saturated heterocycles. The molecule has 0 saturated carbocycles. The summed E-state index contributed by atoms with van der Waals surface area (Å²) >= 11 is -2.83. The maximum Gasteiger partial charge on any atom is -1.00 e. The first-order valence-electron chi connectivity index (χ1n) is 12.3. The van der Waals surface area contributed by atoms with Gasteiger partial charge in [-0.2, -0.15) is 0 Å². The molecule has 187 valence electrons. The van der Waals surface area contributed by atoms with Crippen LogP contribution in [0.1, 0.15) is 25.1 Å². The predicted molar refractivity (Wildman–Crippen MR) is 147 cm³/mol. The smallest absolute Gasteiger partial charge is 1.00 e. The number of carbonyl (C=O) groups is 1. The standard InChI is InChI=1S/C13H9.C12H11Si.C7H7NO.2ClH.Zr/c1-3-7-12-10(5-1)9-11-6-2-4-8-13(11)12;1-3-7-11(8-4-1)13-12-9-5-2-6-10-12;8-7(9)6-4-2-1-3-5-6;;;/h1-9H;1-10,13H;1-5H,(H2,8,9);2*1H;/q;;;;;+3/p-3. The number of amides is 1. The molecule has 0 radical (unpaired) electrons. The Kier molecular flexibility index (Phi) is 9.57. The molecule has 0 aliphatic heterocycles. The van der Waals surface area contributed by atoms with Crippen molar-refractivity contribution in [1.82, 2.24) is 3.26 Å². The van der Waals surface area contributed by atoms with Crippen LogP contribution in [0.25, 0.3) is 11.1 Å². The zero-order chi connectivity index (χ0) is 24.3. The van der Waals surface area contributed by atoms with Gasteiger partial charge in [0.25, 0.3) is 0 Å². The van der Waals surface area contributed by atoms with E-state index in [-0.39, 0.29) is 34.3 Å². The second kappa shape index (κ2) is 12.9. The molecule has 6 heteroatoms. The van der Waals surface area contributed by atoms with Gasteiger partial charge >= 0.3 is 222 Å². The third kappa shape index (κ3) is 5.51. The van der Waals surface area contributed by atoms with Gasteiger partial charge in [0.05, 0.1) is 0 Å². The Hall–Kier alpha value is -2.75. The summed E-state index contributed by atoms with van der Waals surface area (Å²) in [6.45, 7) is 0. The minimum atomic E-state index is -2.83. The van der Waals surface area contributed by atoms with Crippen molar-refractivity contribution in [3.63, 3.8) is 0 Å². The van der Waals surface area contributed by atoms with Crippen molar-refractivity contribution in [1.29, 1.82) is 0 Å². The fourth-order valence-corrected chi connectivity index (χ4v) is 27.0. The van der Waals surface area contributed by atoms with Crippen LogP contribution in [0.2, 0.25) is 0 Å². The minimum Gasteiger partial charge on any atom is -1.00 e. The second-order valence-electron chi connectivity index (χ2n) is 9.14. The summed E-state index contributed by atoms with van der Waals surface area (Å²) in [7, 11) is 0. The number of benzene rings is 5. The summed E-state index contributed by atoms with van der Waals surface area (Å²) in [6.07, 6.45) is 0. The van der Waals surface area contributed by atoms with Crippen LogP contribution in [0.4, 0.5) is 0 Å². The first-order chi connectivity index (χ1) is 17.8. The Balaban J connectivity index is 0.00000168. The van der Waals surface area contributed by atoms with Gasteiger partial charge in [-0.25, -0.2) is 0 Å². The summed E-state index contributed by atoms with van der Waals surface area (Å²) in [6, 6.07) is 49.2. The molecule has 1 amide bonds. The Bertz CT molecular complexity index is 1420. The number of hydrogen-bond acceptors (Lipinski definition) is 1. The third-order valence-electron chi connectivity index (χ3n) is 7.02. The SMILES string of the molecule is O=C([NH][Zr+2]([CH]1c2ccccc2-c2ccccc21)[SiH](c1ccccc1)c1ccccc1)c1ccccc1.[Cl-].[Cl-]. The number of hydrogen-bond donors (Lipinski definition) is 1. The molecule has 0 spiro atoms. The van der Waals surface area contributed by atoms with Gasteiger partial charge in [-0.05, 0) is 0 Å². The van der Waals surface area contributed by atoms with Crippen LogP contribution < -0.4 is 38.4 Å². The van der Waals surface area contributed by atoms with Gasteiger partial charge in [-0.15, -0.1) is 0 Å². The van der Waals surface area contributed by atoms with E-state index in [9.17, 15) is 4.79 Å². The van der Waals surface area contributed by atoms with E-state index in [0.717, 1.165) is 5.56 Å². The second-order valence-corrected chi connectivity index (χ2v) is 23.5. The van der Waals surface area contributed by atoms with Gasteiger partial charge in [-0.3, -0.25) is 0 Å². The molecule has 0 heterocycles.